The van der Waals surface area contributed by atoms with Crippen LogP contribution in [0.15, 0.2) is 18.5 Å². The molecule has 1 saturated heterocycles. The van der Waals surface area contributed by atoms with Gasteiger partial charge in [0.05, 0.1) is 55.3 Å². The minimum atomic E-state index is -4.43. The molecule has 0 spiro atoms. The Hall–Kier alpha value is -2.54. The van der Waals surface area contributed by atoms with Crippen LogP contribution in [-0.4, -0.2) is 63.4 Å². The van der Waals surface area contributed by atoms with E-state index in [-0.39, 0.29) is 30.5 Å². The van der Waals surface area contributed by atoms with Gasteiger partial charge in [-0.25, -0.2) is 23.1 Å². The van der Waals surface area contributed by atoms with Gasteiger partial charge >= 0.3 is 12.2 Å². The van der Waals surface area contributed by atoms with Gasteiger partial charge < -0.3 is 20.7 Å². The first-order chi connectivity index (χ1) is 15.8. The van der Waals surface area contributed by atoms with Crippen molar-refractivity contribution in [2.75, 3.05) is 19.7 Å². The number of nitrogens with two attached hydrogens (primary N) is 1. The Morgan fingerprint density at radius 3 is 2.68 bits per heavy atom. The molecule has 2 aliphatic rings. The first kappa shape index (κ1) is 24.6. The van der Waals surface area contributed by atoms with Crippen LogP contribution >= 0.6 is 0 Å². The maximum absolute atomic E-state index is 14.1. The third kappa shape index (κ3) is 5.24. The molecule has 3 N–H and O–H groups in total. The van der Waals surface area contributed by atoms with Gasteiger partial charge in [-0.05, 0) is 25.3 Å². The van der Waals surface area contributed by atoms with E-state index < -0.39 is 48.7 Å². The number of amides is 2. The summed E-state index contributed by atoms with van der Waals surface area (Å²) in [6, 6.07) is -0.931. The van der Waals surface area contributed by atoms with Crippen molar-refractivity contribution in [1.29, 1.82) is 0 Å². The van der Waals surface area contributed by atoms with E-state index in [1.807, 2.05) is 0 Å². The molecule has 1 aliphatic carbocycles. The predicted octanol–water partition coefficient (Wildman–Crippen LogP) is 3.59. The van der Waals surface area contributed by atoms with Crippen molar-refractivity contribution in [3.63, 3.8) is 0 Å². The lowest BCUT2D eigenvalue weighted by Gasteiger charge is -2.38. The van der Waals surface area contributed by atoms with Crippen molar-refractivity contribution < 1.29 is 31.5 Å². The van der Waals surface area contributed by atoms with Crippen LogP contribution in [0.4, 0.5) is 26.7 Å². The number of imidazole rings is 1. The van der Waals surface area contributed by atoms with Crippen molar-refractivity contribution in [2.45, 2.75) is 63.4 Å². The fourth-order valence-corrected chi connectivity index (χ4v) is 3.80. The summed E-state index contributed by atoms with van der Waals surface area (Å²) >= 11 is 0. The summed E-state index contributed by atoms with van der Waals surface area (Å²) in [5.74, 6) is -3.11. The third-order valence-electron chi connectivity index (χ3n) is 6.17. The number of carbonyl (C=O) groups is 1. The topological polar surface area (TPSA) is 97.8 Å². The Kier molecular flexibility index (Phi) is 6.21. The molecule has 1 saturated carbocycles. The van der Waals surface area contributed by atoms with E-state index in [0.717, 1.165) is 31.6 Å². The molecule has 34 heavy (non-hydrogen) atoms. The summed E-state index contributed by atoms with van der Waals surface area (Å²) in [5.41, 5.74) is 4.92. The van der Waals surface area contributed by atoms with Gasteiger partial charge in [-0.3, -0.25) is 0 Å². The van der Waals surface area contributed by atoms with E-state index in [2.05, 4.69) is 15.4 Å². The van der Waals surface area contributed by atoms with Gasteiger partial charge in [0.1, 0.15) is 0 Å². The Morgan fingerprint density at radius 2 is 2.03 bits per heavy atom. The summed E-state index contributed by atoms with van der Waals surface area (Å²) in [5, 5.41) is 6.42. The number of hydrogen-bond acceptors (Lipinski definition) is 5. The van der Waals surface area contributed by atoms with Crippen molar-refractivity contribution in [2.24, 2.45) is 11.1 Å². The van der Waals surface area contributed by atoms with E-state index >= 15 is 0 Å². The summed E-state index contributed by atoms with van der Waals surface area (Å²) in [6.07, 6.45) is -0.210. The quantitative estimate of drug-likeness (QED) is 0.552. The van der Waals surface area contributed by atoms with Crippen LogP contribution in [0.1, 0.15) is 56.5 Å². The minimum absolute atomic E-state index is 0.00112. The second kappa shape index (κ2) is 8.59. The molecule has 2 amide bonds. The highest BCUT2D eigenvalue weighted by atomic mass is 19.4. The number of fused-ring (bicyclic) bond motifs is 1. The van der Waals surface area contributed by atoms with Crippen LogP contribution < -0.4 is 11.1 Å². The Labute approximate surface area is 192 Å². The second-order valence-electron chi connectivity index (χ2n) is 9.64. The molecule has 8 nitrogen and oxygen atoms in total. The number of rotatable bonds is 8. The van der Waals surface area contributed by atoms with Gasteiger partial charge in [-0.15, -0.1) is 0 Å². The number of alkyl halides is 5. The molecule has 13 heteroatoms. The number of carbonyl (C=O) groups excluding carboxylic acids is 1. The molecule has 1 aliphatic heterocycles. The highest BCUT2D eigenvalue weighted by Crippen LogP contribution is 2.43. The van der Waals surface area contributed by atoms with Crippen molar-refractivity contribution in [1.82, 2.24) is 24.8 Å². The second-order valence-corrected chi connectivity index (χ2v) is 9.64. The van der Waals surface area contributed by atoms with Crippen molar-refractivity contribution in [3.05, 3.63) is 29.7 Å². The predicted molar refractivity (Wildman–Crippen MR) is 111 cm³/mol. The van der Waals surface area contributed by atoms with Crippen LogP contribution in [0, 0.1) is 5.41 Å². The number of hydrogen-bond donors (Lipinski definition) is 2. The number of urea groups is 1. The first-order valence-corrected chi connectivity index (χ1v) is 11.0. The lowest BCUT2D eigenvalue weighted by Crippen LogP contribution is -2.58. The third-order valence-corrected chi connectivity index (χ3v) is 6.17. The Bertz CT molecular complexity index is 1050. The number of nitrogens with zero attached hydrogens (tertiary/aromatic N) is 4. The smallest absolute Gasteiger partial charge is 0.376 e. The Balaban J connectivity index is 1.60. The molecule has 0 bridgehead atoms. The molecular weight excluding hydrogens is 463 g/mol. The summed E-state index contributed by atoms with van der Waals surface area (Å²) in [4.78, 5) is 17.7. The van der Waals surface area contributed by atoms with Crippen LogP contribution in [0.25, 0.3) is 5.65 Å². The fourth-order valence-electron chi connectivity index (χ4n) is 3.80. The van der Waals surface area contributed by atoms with E-state index in [1.54, 1.807) is 6.07 Å². The molecule has 188 valence electrons. The summed E-state index contributed by atoms with van der Waals surface area (Å²) < 4.78 is 75.0. The number of halogens is 5. The maximum atomic E-state index is 14.1. The number of aromatic nitrogens is 3. The molecule has 2 fully saturated rings. The highest BCUT2D eigenvalue weighted by molar-refractivity contribution is 5.76. The zero-order valence-electron chi connectivity index (χ0n) is 18.8. The number of nitrogens with one attached hydrogen (secondary N) is 1. The van der Waals surface area contributed by atoms with Crippen molar-refractivity contribution in [3.8, 4) is 0 Å². The molecule has 3 heterocycles. The van der Waals surface area contributed by atoms with Crippen LogP contribution in [0.3, 0.4) is 0 Å². The fraction of sp³-hybridized carbons (Fsp3) is 0.667. The maximum Gasteiger partial charge on any atom is 0.394 e. The van der Waals surface area contributed by atoms with E-state index in [4.69, 9.17) is 10.5 Å². The van der Waals surface area contributed by atoms with Crippen LogP contribution in [-0.2, 0) is 4.74 Å². The average Bonchev–Trinajstić information content (AvgIpc) is 3.45. The Morgan fingerprint density at radius 1 is 1.32 bits per heavy atom. The molecule has 4 rings (SSSR count). The van der Waals surface area contributed by atoms with Crippen LogP contribution in [0.2, 0.25) is 0 Å². The van der Waals surface area contributed by atoms with Gasteiger partial charge in [0.15, 0.2) is 5.65 Å². The summed E-state index contributed by atoms with van der Waals surface area (Å²) in [7, 11) is 0. The molecule has 0 aromatic carbocycles. The van der Waals surface area contributed by atoms with Gasteiger partial charge in [-0.1, -0.05) is 13.8 Å². The van der Waals surface area contributed by atoms with E-state index in [0.29, 0.717) is 5.56 Å². The monoisotopic (exact) mass is 490 g/mol. The lowest BCUT2D eigenvalue weighted by molar-refractivity contribution is -0.215. The molecule has 2 aromatic heterocycles. The molecule has 2 atom stereocenters. The SMILES string of the molecule is CC(C)(C[C@H](N)c1cn2ncc([C@@H](COC3CC3)N3CC(F)(F)CNC3=O)cc2n1)C(F)(F)F. The number of ether oxygens (including phenoxy) is 1. The molecular formula is C21H27F5N6O2. The summed E-state index contributed by atoms with van der Waals surface area (Å²) in [6.45, 7) is 0.621. The van der Waals surface area contributed by atoms with E-state index in [9.17, 15) is 26.7 Å². The van der Waals surface area contributed by atoms with Gasteiger partial charge in [0.2, 0.25) is 0 Å². The van der Waals surface area contributed by atoms with Gasteiger partial charge in [0, 0.05) is 11.6 Å². The van der Waals surface area contributed by atoms with E-state index in [1.165, 1.54) is 16.9 Å². The zero-order chi connectivity index (χ0) is 24.9. The first-order valence-electron chi connectivity index (χ1n) is 11.0. The lowest BCUT2D eigenvalue weighted by atomic mass is 9.84. The van der Waals surface area contributed by atoms with Crippen LogP contribution in [0.5, 0.6) is 0 Å². The normalized spacial score (nSPS) is 20.9. The van der Waals surface area contributed by atoms with Crippen molar-refractivity contribution >= 4 is 11.7 Å². The largest absolute Gasteiger partial charge is 0.394 e. The van der Waals surface area contributed by atoms with Gasteiger partial charge in [0.25, 0.3) is 5.92 Å². The standard InChI is InChI=1S/C21H27F5N6O2/c1-19(2,21(24,25)26)6-14(27)15-8-32-17(30-15)5-12(7-29-32)16(9-34-13-3-4-13)31-11-20(22,23)10-28-18(31)33/h5,7-8,13-14,16H,3-4,6,9-11,27H2,1-2H3,(H,28,33)/t14-,16+/m0/s1. The zero-order valence-corrected chi connectivity index (χ0v) is 18.8. The highest BCUT2D eigenvalue weighted by Gasteiger charge is 2.48. The average molecular weight is 490 g/mol. The van der Waals surface area contributed by atoms with Gasteiger partial charge in [-0.2, -0.15) is 18.3 Å². The minimum Gasteiger partial charge on any atom is -0.376 e. The molecule has 0 unspecified atom stereocenters. The molecule has 2 aromatic rings. The molecule has 0 radical (unpaired) electrons.